The van der Waals surface area contributed by atoms with Crippen molar-refractivity contribution in [3.05, 3.63) is 70.4 Å². The summed E-state index contributed by atoms with van der Waals surface area (Å²) in [4.78, 5) is 22.5. The molecule has 27 heavy (non-hydrogen) atoms. The third-order valence-electron chi connectivity index (χ3n) is 3.90. The van der Waals surface area contributed by atoms with E-state index in [4.69, 9.17) is 12.2 Å². The standard InChI is InChI=1S/C18H17N5O3S/c1-12-2-4-14(5-3-12)19-18(27)21-20-17(24)11-22-9-8-13-10-15(23(25)26)6-7-16(13)22/h2-10H,11H2,1H3,(H,20,24)(H2,19,21,27). The quantitative estimate of drug-likeness (QED) is 0.364. The van der Waals surface area contributed by atoms with Gasteiger partial charge in [0.15, 0.2) is 5.11 Å². The number of benzene rings is 2. The third-order valence-corrected chi connectivity index (χ3v) is 4.11. The Balaban J connectivity index is 1.56. The first-order valence-electron chi connectivity index (χ1n) is 8.08. The number of thiocarbonyl (C=S) groups is 1. The molecule has 0 atom stereocenters. The lowest BCUT2D eigenvalue weighted by Crippen LogP contribution is -2.45. The van der Waals surface area contributed by atoms with E-state index in [-0.39, 0.29) is 23.3 Å². The van der Waals surface area contributed by atoms with Crippen molar-refractivity contribution < 1.29 is 9.72 Å². The molecule has 9 heteroatoms. The summed E-state index contributed by atoms with van der Waals surface area (Å²) >= 11 is 5.14. The lowest BCUT2D eigenvalue weighted by molar-refractivity contribution is -0.384. The Morgan fingerprint density at radius 1 is 1.15 bits per heavy atom. The number of hydrazine groups is 1. The number of nitro groups is 1. The molecule has 0 aliphatic heterocycles. The molecule has 0 saturated heterocycles. The molecule has 1 heterocycles. The summed E-state index contributed by atoms with van der Waals surface area (Å²) in [6.45, 7) is 2.03. The molecular weight excluding hydrogens is 366 g/mol. The summed E-state index contributed by atoms with van der Waals surface area (Å²) in [6.07, 6.45) is 1.71. The van der Waals surface area contributed by atoms with Gasteiger partial charge in [-0.3, -0.25) is 25.8 Å². The van der Waals surface area contributed by atoms with Gasteiger partial charge in [0.05, 0.1) is 4.92 Å². The third kappa shape index (κ3) is 4.59. The first-order valence-corrected chi connectivity index (χ1v) is 8.49. The second-order valence-corrected chi connectivity index (χ2v) is 6.35. The van der Waals surface area contributed by atoms with Crippen molar-refractivity contribution >= 4 is 45.5 Å². The van der Waals surface area contributed by atoms with Gasteiger partial charge >= 0.3 is 0 Å². The zero-order valence-corrected chi connectivity index (χ0v) is 15.2. The number of nitrogens with zero attached hydrogens (tertiary/aromatic N) is 2. The molecule has 3 N–H and O–H groups in total. The van der Waals surface area contributed by atoms with Crippen molar-refractivity contribution in [2.45, 2.75) is 13.5 Å². The number of fused-ring (bicyclic) bond motifs is 1. The highest BCUT2D eigenvalue weighted by Crippen LogP contribution is 2.21. The fourth-order valence-corrected chi connectivity index (χ4v) is 2.73. The average molecular weight is 383 g/mol. The fraction of sp³-hybridized carbons (Fsp3) is 0.111. The number of aryl methyl sites for hydroxylation is 1. The topological polar surface area (TPSA) is 101 Å². The molecular formula is C18H17N5O3S. The molecule has 0 aliphatic carbocycles. The summed E-state index contributed by atoms with van der Waals surface area (Å²) in [6, 6.07) is 13.9. The zero-order chi connectivity index (χ0) is 19.4. The number of carbonyl (C=O) groups excluding carboxylic acids is 1. The molecule has 0 spiro atoms. The monoisotopic (exact) mass is 383 g/mol. The predicted molar refractivity (Wildman–Crippen MR) is 107 cm³/mol. The summed E-state index contributed by atoms with van der Waals surface area (Å²) in [5.41, 5.74) is 7.87. The number of aromatic nitrogens is 1. The van der Waals surface area contributed by atoms with Crippen LogP contribution in [-0.4, -0.2) is 20.5 Å². The summed E-state index contributed by atoms with van der Waals surface area (Å²) in [5, 5.41) is 14.8. The van der Waals surface area contributed by atoms with Crippen LogP contribution in [0.5, 0.6) is 0 Å². The van der Waals surface area contributed by atoms with Gasteiger partial charge in [0.25, 0.3) is 11.6 Å². The lowest BCUT2D eigenvalue weighted by Gasteiger charge is -2.12. The molecule has 0 radical (unpaired) electrons. The minimum Gasteiger partial charge on any atom is -0.338 e. The predicted octanol–water partition coefficient (Wildman–Crippen LogP) is 2.88. The first kappa shape index (κ1) is 18.3. The van der Waals surface area contributed by atoms with Gasteiger partial charge in [0.2, 0.25) is 0 Å². The Labute approximate surface area is 160 Å². The number of carbonyl (C=O) groups is 1. The summed E-state index contributed by atoms with van der Waals surface area (Å²) in [7, 11) is 0. The number of nitro benzene ring substituents is 1. The van der Waals surface area contributed by atoms with Gasteiger partial charge in [0.1, 0.15) is 6.54 Å². The Kier molecular flexibility index (Phi) is 5.32. The van der Waals surface area contributed by atoms with Crippen molar-refractivity contribution in [3.8, 4) is 0 Å². The number of amides is 1. The van der Waals surface area contributed by atoms with Crippen LogP contribution in [-0.2, 0) is 11.3 Å². The van der Waals surface area contributed by atoms with E-state index in [0.29, 0.717) is 5.39 Å². The van der Waals surface area contributed by atoms with Crippen LogP contribution in [0.15, 0.2) is 54.7 Å². The van der Waals surface area contributed by atoms with E-state index in [1.165, 1.54) is 12.1 Å². The van der Waals surface area contributed by atoms with Crippen molar-refractivity contribution in [2.24, 2.45) is 0 Å². The van der Waals surface area contributed by atoms with Gasteiger partial charge in [-0.15, -0.1) is 0 Å². The van der Waals surface area contributed by atoms with E-state index in [1.807, 2.05) is 31.2 Å². The maximum Gasteiger partial charge on any atom is 0.270 e. The lowest BCUT2D eigenvalue weighted by atomic mass is 10.2. The van der Waals surface area contributed by atoms with Crippen LogP contribution >= 0.6 is 12.2 Å². The zero-order valence-electron chi connectivity index (χ0n) is 14.4. The van der Waals surface area contributed by atoms with Gasteiger partial charge in [-0.25, -0.2) is 0 Å². The van der Waals surface area contributed by atoms with Crippen molar-refractivity contribution in [3.63, 3.8) is 0 Å². The van der Waals surface area contributed by atoms with E-state index in [0.717, 1.165) is 16.8 Å². The Morgan fingerprint density at radius 2 is 1.89 bits per heavy atom. The summed E-state index contributed by atoms with van der Waals surface area (Å²) in [5.74, 6) is -0.307. The van der Waals surface area contributed by atoms with Crippen molar-refractivity contribution in [1.82, 2.24) is 15.4 Å². The van der Waals surface area contributed by atoms with Gasteiger partial charge in [-0.05, 0) is 43.4 Å². The van der Waals surface area contributed by atoms with Crippen LogP contribution in [0.3, 0.4) is 0 Å². The SMILES string of the molecule is Cc1ccc(NC(=S)NNC(=O)Cn2ccc3cc([N+](=O)[O-])ccc32)cc1. The molecule has 0 fully saturated rings. The van der Waals surface area contributed by atoms with Crippen LogP contribution in [0.1, 0.15) is 5.56 Å². The van der Waals surface area contributed by atoms with Gasteiger partial charge < -0.3 is 9.88 Å². The van der Waals surface area contributed by atoms with Crippen LogP contribution < -0.4 is 16.2 Å². The normalized spacial score (nSPS) is 10.4. The van der Waals surface area contributed by atoms with Crippen molar-refractivity contribution in [1.29, 1.82) is 0 Å². The fourth-order valence-electron chi connectivity index (χ4n) is 2.56. The minimum atomic E-state index is -0.449. The first-order chi connectivity index (χ1) is 12.9. The smallest absolute Gasteiger partial charge is 0.270 e. The number of hydrogen-bond donors (Lipinski definition) is 3. The highest BCUT2D eigenvalue weighted by Gasteiger charge is 2.11. The molecule has 8 nitrogen and oxygen atoms in total. The van der Waals surface area contributed by atoms with E-state index < -0.39 is 4.92 Å². The number of hydrogen-bond acceptors (Lipinski definition) is 4. The number of rotatable bonds is 4. The second kappa shape index (κ2) is 7.83. The molecule has 0 bridgehead atoms. The van der Waals surface area contributed by atoms with E-state index in [1.54, 1.807) is 22.9 Å². The molecule has 1 amide bonds. The largest absolute Gasteiger partial charge is 0.338 e. The average Bonchev–Trinajstić information content (AvgIpc) is 3.04. The number of anilines is 1. The van der Waals surface area contributed by atoms with Gasteiger partial charge in [-0.2, -0.15) is 0 Å². The molecule has 3 aromatic rings. The van der Waals surface area contributed by atoms with Crippen LogP contribution in [0, 0.1) is 17.0 Å². The van der Waals surface area contributed by atoms with Gasteiger partial charge in [0, 0.05) is 34.9 Å². The maximum atomic E-state index is 12.1. The van der Waals surface area contributed by atoms with E-state index >= 15 is 0 Å². The Bertz CT molecular complexity index is 1010. The van der Waals surface area contributed by atoms with Crippen LogP contribution in [0.25, 0.3) is 10.9 Å². The van der Waals surface area contributed by atoms with E-state index in [9.17, 15) is 14.9 Å². The highest BCUT2D eigenvalue weighted by atomic mass is 32.1. The summed E-state index contributed by atoms with van der Waals surface area (Å²) < 4.78 is 1.70. The van der Waals surface area contributed by atoms with Crippen LogP contribution in [0.4, 0.5) is 11.4 Å². The molecule has 138 valence electrons. The molecule has 0 aliphatic rings. The van der Waals surface area contributed by atoms with Crippen molar-refractivity contribution in [2.75, 3.05) is 5.32 Å². The van der Waals surface area contributed by atoms with Gasteiger partial charge in [-0.1, -0.05) is 17.7 Å². The van der Waals surface area contributed by atoms with E-state index in [2.05, 4.69) is 16.2 Å². The number of non-ortho nitro benzene ring substituents is 1. The Hall–Kier alpha value is -3.46. The Morgan fingerprint density at radius 3 is 2.59 bits per heavy atom. The number of nitrogens with one attached hydrogen (secondary N) is 3. The maximum absolute atomic E-state index is 12.1. The van der Waals surface area contributed by atoms with Crippen LogP contribution in [0.2, 0.25) is 0 Å². The molecule has 1 aromatic heterocycles. The molecule has 0 unspecified atom stereocenters. The highest BCUT2D eigenvalue weighted by molar-refractivity contribution is 7.80. The second-order valence-electron chi connectivity index (χ2n) is 5.94. The molecule has 0 saturated carbocycles. The molecule has 3 rings (SSSR count). The minimum absolute atomic E-state index is 0.0129. The molecule has 2 aromatic carbocycles.